The van der Waals surface area contributed by atoms with Crippen LogP contribution in [0.15, 0.2) is 66.7 Å². The van der Waals surface area contributed by atoms with Crippen molar-refractivity contribution in [2.75, 3.05) is 26.2 Å². The number of rotatable bonds is 5. The number of fused-ring (bicyclic) bond motifs is 5. The third-order valence-corrected chi connectivity index (χ3v) is 8.79. The van der Waals surface area contributed by atoms with E-state index in [1.807, 2.05) is 62.1 Å². The van der Waals surface area contributed by atoms with Crippen molar-refractivity contribution in [3.05, 3.63) is 89.0 Å². The van der Waals surface area contributed by atoms with Crippen molar-refractivity contribution in [3.8, 4) is 17.2 Å². The van der Waals surface area contributed by atoms with E-state index in [0.717, 1.165) is 11.3 Å². The highest BCUT2D eigenvalue weighted by Gasteiger charge is 2.72. The van der Waals surface area contributed by atoms with Crippen LogP contribution in [0, 0.1) is 10.8 Å². The van der Waals surface area contributed by atoms with Crippen molar-refractivity contribution in [2.24, 2.45) is 10.8 Å². The number of carbonyl (C=O) groups excluding carboxylic acids is 3. The largest absolute Gasteiger partial charge is 0.493 e. The SMILES string of the molecule is COc1ccc([C@H]2[C@H](C(=O)C(C)(C)C)N3c4ccccc4C=CC3C23C(=O)c2ccccc2C3=O)c(OC)c1OC. The molecule has 0 N–H and O–H groups in total. The Bertz CT molecular complexity index is 1600. The van der Waals surface area contributed by atoms with E-state index in [4.69, 9.17) is 14.2 Å². The summed E-state index contributed by atoms with van der Waals surface area (Å²) in [5.74, 6) is -0.446. The highest BCUT2D eigenvalue weighted by atomic mass is 16.5. The molecule has 0 radical (unpaired) electrons. The van der Waals surface area contributed by atoms with Crippen LogP contribution in [0.2, 0.25) is 0 Å². The number of para-hydroxylation sites is 1. The lowest BCUT2D eigenvalue weighted by Crippen LogP contribution is -2.49. The first-order valence-corrected chi connectivity index (χ1v) is 13.7. The molecular formula is C34H33NO6. The molecule has 6 rings (SSSR count). The standard InChI is InChI=1S/C34H33NO6/c1-33(2,3)32(38)27-26(22-16-17-24(39-4)29(41-6)28(22)40-5)34(30(36)20-12-8-9-13-21(20)31(34)37)25-18-15-19-11-7-10-14-23(19)35(25)27/h7-18,25-27H,1-6H3/t25?,26-,27+/m0/s1. The molecule has 1 fully saturated rings. The molecule has 0 aromatic heterocycles. The number of hydrogen-bond donors (Lipinski definition) is 0. The number of anilines is 1. The highest BCUT2D eigenvalue weighted by molar-refractivity contribution is 6.32. The summed E-state index contributed by atoms with van der Waals surface area (Å²) in [4.78, 5) is 46.2. The number of carbonyl (C=O) groups is 3. The van der Waals surface area contributed by atoms with Crippen LogP contribution in [0.4, 0.5) is 5.69 Å². The molecule has 3 aromatic rings. The summed E-state index contributed by atoms with van der Waals surface area (Å²) in [5.41, 5.74) is 0.614. The van der Waals surface area contributed by atoms with Crippen LogP contribution in [0.25, 0.3) is 6.08 Å². The third kappa shape index (κ3) is 3.47. The molecule has 1 saturated heterocycles. The van der Waals surface area contributed by atoms with Crippen LogP contribution < -0.4 is 19.1 Å². The Hall–Kier alpha value is -4.39. The summed E-state index contributed by atoms with van der Waals surface area (Å²) < 4.78 is 17.2. The van der Waals surface area contributed by atoms with E-state index in [0.29, 0.717) is 33.9 Å². The fraction of sp³-hybridized carbons (Fsp3) is 0.324. The lowest BCUT2D eigenvalue weighted by molar-refractivity contribution is -0.127. The van der Waals surface area contributed by atoms with E-state index >= 15 is 0 Å². The first kappa shape index (κ1) is 26.8. The number of Topliss-reactive ketones (excluding diaryl/α,β-unsaturated/α-hetero) is 3. The first-order valence-electron chi connectivity index (χ1n) is 13.7. The van der Waals surface area contributed by atoms with Crippen LogP contribution in [0.1, 0.15) is 58.5 Å². The fourth-order valence-electron chi connectivity index (χ4n) is 7.07. The number of methoxy groups -OCH3 is 3. The average Bonchev–Trinajstić information content (AvgIpc) is 3.41. The molecule has 2 aliphatic heterocycles. The Labute approximate surface area is 239 Å². The topological polar surface area (TPSA) is 82.1 Å². The van der Waals surface area contributed by atoms with Crippen LogP contribution in [-0.2, 0) is 4.79 Å². The van der Waals surface area contributed by atoms with Crippen molar-refractivity contribution in [3.63, 3.8) is 0 Å². The molecule has 0 saturated carbocycles. The zero-order valence-corrected chi connectivity index (χ0v) is 24.1. The minimum absolute atomic E-state index is 0.0807. The van der Waals surface area contributed by atoms with Gasteiger partial charge in [0.2, 0.25) is 5.75 Å². The zero-order chi connectivity index (χ0) is 29.3. The Morgan fingerprint density at radius 1 is 0.805 bits per heavy atom. The zero-order valence-electron chi connectivity index (χ0n) is 24.1. The second-order valence-electron chi connectivity index (χ2n) is 11.8. The van der Waals surface area contributed by atoms with Gasteiger partial charge in [0.25, 0.3) is 0 Å². The Kier molecular flexibility index (Phi) is 6.10. The number of benzene rings is 3. The van der Waals surface area contributed by atoms with E-state index in [1.54, 1.807) is 36.4 Å². The van der Waals surface area contributed by atoms with Crippen molar-refractivity contribution in [1.29, 1.82) is 0 Å². The molecule has 3 atom stereocenters. The third-order valence-electron chi connectivity index (χ3n) is 8.79. The van der Waals surface area contributed by atoms with Gasteiger partial charge in [-0.2, -0.15) is 0 Å². The Morgan fingerprint density at radius 2 is 1.41 bits per heavy atom. The van der Waals surface area contributed by atoms with Gasteiger partial charge >= 0.3 is 0 Å². The monoisotopic (exact) mass is 551 g/mol. The molecule has 0 amide bonds. The van der Waals surface area contributed by atoms with E-state index in [-0.39, 0.29) is 17.3 Å². The minimum Gasteiger partial charge on any atom is -0.493 e. The number of ether oxygens (including phenoxy) is 3. The molecule has 1 aliphatic carbocycles. The maximum Gasteiger partial charge on any atom is 0.203 e. The van der Waals surface area contributed by atoms with Gasteiger partial charge in [-0.1, -0.05) is 81.5 Å². The van der Waals surface area contributed by atoms with Crippen molar-refractivity contribution >= 4 is 29.1 Å². The summed E-state index contributed by atoms with van der Waals surface area (Å²) in [7, 11) is 4.55. The first-order chi connectivity index (χ1) is 19.6. The summed E-state index contributed by atoms with van der Waals surface area (Å²) in [6.07, 6.45) is 3.87. The van der Waals surface area contributed by atoms with Gasteiger partial charge in [-0.05, 0) is 17.7 Å². The summed E-state index contributed by atoms with van der Waals surface area (Å²) in [5, 5.41) is 0. The van der Waals surface area contributed by atoms with Gasteiger partial charge < -0.3 is 19.1 Å². The summed E-state index contributed by atoms with van der Waals surface area (Å²) in [6, 6.07) is 16.7. The smallest absolute Gasteiger partial charge is 0.203 e. The molecule has 7 nitrogen and oxygen atoms in total. The molecule has 3 aliphatic rings. The molecule has 0 bridgehead atoms. The molecule has 1 unspecified atom stereocenters. The van der Waals surface area contributed by atoms with Gasteiger partial charge in [0.1, 0.15) is 5.41 Å². The van der Waals surface area contributed by atoms with Crippen LogP contribution >= 0.6 is 0 Å². The van der Waals surface area contributed by atoms with Crippen LogP contribution in [0.5, 0.6) is 17.2 Å². The lowest BCUT2D eigenvalue weighted by atomic mass is 9.63. The van der Waals surface area contributed by atoms with Gasteiger partial charge in [0.15, 0.2) is 28.8 Å². The van der Waals surface area contributed by atoms with Crippen LogP contribution in [0.3, 0.4) is 0 Å². The minimum atomic E-state index is -1.62. The molecule has 41 heavy (non-hydrogen) atoms. The van der Waals surface area contributed by atoms with Crippen LogP contribution in [-0.4, -0.2) is 50.8 Å². The molecule has 2 heterocycles. The number of hydrogen-bond acceptors (Lipinski definition) is 7. The number of ketones is 3. The molecule has 1 spiro atoms. The van der Waals surface area contributed by atoms with Crippen molar-refractivity contribution in [1.82, 2.24) is 0 Å². The second-order valence-corrected chi connectivity index (χ2v) is 11.8. The van der Waals surface area contributed by atoms with Gasteiger partial charge in [-0.3, -0.25) is 14.4 Å². The van der Waals surface area contributed by atoms with Gasteiger partial charge in [-0.15, -0.1) is 0 Å². The van der Waals surface area contributed by atoms with E-state index in [1.165, 1.54) is 21.3 Å². The fourth-order valence-corrected chi connectivity index (χ4v) is 7.07. The quantitative estimate of drug-likeness (QED) is 0.373. The maximum atomic E-state index is 14.8. The predicted molar refractivity (Wildman–Crippen MR) is 156 cm³/mol. The normalized spacial score (nSPS) is 21.9. The van der Waals surface area contributed by atoms with Gasteiger partial charge in [-0.25, -0.2) is 0 Å². The Morgan fingerprint density at radius 3 is 2.00 bits per heavy atom. The Balaban J connectivity index is 1.74. The van der Waals surface area contributed by atoms with Gasteiger partial charge in [0, 0.05) is 33.7 Å². The highest BCUT2D eigenvalue weighted by Crippen LogP contribution is 2.63. The maximum absolute atomic E-state index is 14.8. The molecule has 210 valence electrons. The van der Waals surface area contributed by atoms with Crippen molar-refractivity contribution < 1.29 is 28.6 Å². The molecule has 7 heteroatoms. The molecule has 3 aromatic carbocycles. The average molecular weight is 552 g/mol. The van der Waals surface area contributed by atoms with E-state index in [2.05, 4.69) is 0 Å². The number of nitrogens with zero attached hydrogens (tertiary/aromatic N) is 1. The predicted octanol–water partition coefficient (Wildman–Crippen LogP) is 5.76. The van der Waals surface area contributed by atoms with E-state index in [9.17, 15) is 14.4 Å². The second kappa shape index (κ2) is 9.33. The summed E-state index contributed by atoms with van der Waals surface area (Å²) >= 11 is 0. The lowest BCUT2D eigenvalue weighted by Gasteiger charge is -2.38. The van der Waals surface area contributed by atoms with Crippen molar-refractivity contribution in [2.45, 2.75) is 38.8 Å². The molecular weight excluding hydrogens is 518 g/mol. The van der Waals surface area contributed by atoms with Gasteiger partial charge in [0.05, 0.1) is 33.4 Å². The summed E-state index contributed by atoms with van der Waals surface area (Å²) in [6.45, 7) is 5.62. The van der Waals surface area contributed by atoms with E-state index < -0.39 is 28.8 Å².